The van der Waals surface area contributed by atoms with Crippen LogP contribution in [0.1, 0.15) is 28.8 Å². The normalized spacial score (nSPS) is 13.5. The van der Waals surface area contributed by atoms with Gasteiger partial charge in [0.2, 0.25) is 0 Å². The molecule has 2 aromatic rings. The number of hydrogen-bond donors (Lipinski definition) is 1. The lowest BCUT2D eigenvalue weighted by molar-refractivity contribution is 0.0695. The number of benzene rings is 2. The Morgan fingerprint density at radius 3 is 2.73 bits per heavy atom. The first kappa shape index (κ1) is 14.1. The molecule has 110 valence electrons. The molecule has 1 N–H and O–H groups in total. The molecule has 3 rings (SSSR count). The van der Waals surface area contributed by atoms with Gasteiger partial charge in [0, 0.05) is 0 Å². The maximum atomic E-state index is 14.4. The van der Waals surface area contributed by atoms with E-state index >= 15 is 0 Å². The number of aromatic carboxylic acids is 1. The molecule has 0 bridgehead atoms. The Morgan fingerprint density at radius 2 is 2.09 bits per heavy atom. The fraction of sp³-hybridized carbons (Fsp3) is 0.176. The molecule has 0 heterocycles. The summed E-state index contributed by atoms with van der Waals surface area (Å²) < 4.78 is 20.1. The van der Waals surface area contributed by atoms with E-state index in [9.17, 15) is 9.18 Å². The third-order valence-corrected chi connectivity index (χ3v) is 3.40. The van der Waals surface area contributed by atoms with Gasteiger partial charge in [-0.1, -0.05) is 12.1 Å². The maximum Gasteiger partial charge on any atom is 0.335 e. The number of nitrogens with zero attached hydrogens (tertiary/aromatic N) is 1. The summed E-state index contributed by atoms with van der Waals surface area (Å²) in [5.74, 6) is -1.68. The van der Waals surface area contributed by atoms with E-state index in [0.29, 0.717) is 11.1 Å². The van der Waals surface area contributed by atoms with Crippen LogP contribution in [0.3, 0.4) is 0 Å². The molecule has 0 aliphatic heterocycles. The highest BCUT2D eigenvalue weighted by Crippen LogP contribution is 2.38. The highest BCUT2D eigenvalue weighted by atomic mass is 19.1. The first-order valence-corrected chi connectivity index (χ1v) is 6.82. The van der Waals surface area contributed by atoms with E-state index in [1.807, 2.05) is 6.07 Å². The summed E-state index contributed by atoms with van der Waals surface area (Å²) in [6.45, 7) is 0. The lowest BCUT2D eigenvalue weighted by Gasteiger charge is -2.13. The second-order valence-corrected chi connectivity index (χ2v) is 5.15. The van der Waals surface area contributed by atoms with Crippen molar-refractivity contribution in [2.45, 2.75) is 18.9 Å². The fourth-order valence-corrected chi connectivity index (χ4v) is 2.19. The van der Waals surface area contributed by atoms with Gasteiger partial charge in [-0.2, -0.15) is 5.26 Å². The summed E-state index contributed by atoms with van der Waals surface area (Å²) in [5.41, 5.74) is 0.919. The largest absolute Gasteiger partial charge is 0.490 e. The Bertz CT molecular complexity index is 791. The van der Waals surface area contributed by atoms with Crippen molar-refractivity contribution in [1.29, 1.82) is 5.26 Å². The van der Waals surface area contributed by atoms with Gasteiger partial charge in [-0.05, 0) is 42.7 Å². The highest BCUT2D eigenvalue weighted by Gasteiger charge is 2.27. The van der Waals surface area contributed by atoms with Crippen LogP contribution in [-0.4, -0.2) is 17.2 Å². The molecule has 0 radical (unpaired) electrons. The van der Waals surface area contributed by atoms with Crippen LogP contribution in [0.15, 0.2) is 36.4 Å². The zero-order chi connectivity index (χ0) is 15.7. The fourth-order valence-electron chi connectivity index (χ4n) is 2.19. The molecule has 1 aliphatic carbocycles. The van der Waals surface area contributed by atoms with Gasteiger partial charge in [-0.15, -0.1) is 0 Å². The van der Waals surface area contributed by atoms with Gasteiger partial charge in [-0.25, -0.2) is 9.18 Å². The molecular weight excluding hydrogens is 285 g/mol. The van der Waals surface area contributed by atoms with E-state index < -0.39 is 11.8 Å². The molecule has 1 aliphatic rings. The smallest absolute Gasteiger partial charge is 0.335 e. The quantitative estimate of drug-likeness (QED) is 0.936. The second kappa shape index (κ2) is 5.49. The molecule has 0 spiro atoms. The Hall–Kier alpha value is -2.87. The summed E-state index contributed by atoms with van der Waals surface area (Å²) in [5, 5.41) is 18.0. The van der Waals surface area contributed by atoms with Crippen molar-refractivity contribution in [2.75, 3.05) is 0 Å². The van der Waals surface area contributed by atoms with Crippen molar-refractivity contribution in [2.24, 2.45) is 0 Å². The Balaban J connectivity index is 2.15. The Morgan fingerprint density at radius 1 is 1.32 bits per heavy atom. The standard InChI is InChI=1S/C17H12FNO3/c18-14-7-12(17(20)21)8-15(22-13-4-5-13)16(14)11-3-1-2-10(6-11)9-19/h1-3,6-8,13H,4-5H2,(H,20,21). The SMILES string of the molecule is N#Cc1cccc(-c2c(F)cc(C(=O)O)cc2OC2CC2)c1. The van der Waals surface area contributed by atoms with Crippen LogP contribution < -0.4 is 4.74 Å². The third-order valence-electron chi connectivity index (χ3n) is 3.40. The number of carboxylic acids is 1. The van der Waals surface area contributed by atoms with Gasteiger partial charge in [-0.3, -0.25) is 0 Å². The molecule has 0 aromatic heterocycles. The van der Waals surface area contributed by atoms with Crippen molar-refractivity contribution >= 4 is 5.97 Å². The van der Waals surface area contributed by atoms with Gasteiger partial charge in [0.15, 0.2) is 0 Å². The molecule has 1 fully saturated rings. The van der Waals surface area contributed by atoms with Crippen molar-refractivity contribution in [3.8, 4) is 22.9 Å². The number of ether oxygens (including phenoxy) is 1. The highest BCUT2D eigenvalue weighted by molar-refractivity contribution is 5.90. The number of carbonyl (C=O) groups is 1. The summed E-state index contributed by atoms with van der Waals surface area (Å²) in [7, 11) is 0. The zero-order valence-electron chi connectivity index (χ0n) is 11.5. The van der Waals surface area contributed by atoms with Crippen molar-refractivity contribution in [3.63, 3.8) is 0 Å². The van der Waals surface area contributed by atoms with Crippen LogP contribution in [0.5, 0.6) is 5.75 Å². The van der Waals surface area contributed by atoms with E-state index in [1.165, 1.54) is 6.07 Å². The number of rotatable bonds is 4. The first-order valence-electron chi connectivity index (χ1n) is 6.82. The molecule has 2 aromatic carbocycles. The molecule has 0 amide bonds. The molecule has 5 heteroatoms. The Labute approximate surface area is 126 Å². The van der Waals surface area contributed by atoms with E-state index in [0.717, 1.165) is 18.9 Å². The first-order chi connectivity index (χ1) is 10.6. The van der Waals surface area contributed by atoms with Gasteiger partial charge in [0.1, 0.15) is 11.6 Å². The van der Waals surface area contributed by atoms with E-state index in [2.05, 4.69) is 0 Å². The van der Waals surface area contributed by atoms with Crippen LogP contribution in [0, 0.1) is 17.1 Å². The summed E-state index contributed by atoms with van der Waals surface area (Å²) in [4.78, 5) is 11.1. The lowest BCUT2D eigenvalue weighted by Crippen LogP contribution is -2.04. The van der Waals surface area contributed by atoms with Gasteiger partial charge in [0.25, 0.3) is 0 Å². The Kier molecular flexibility index (Phi) is 3.51. The van der Waals surface area contributed by atoms with E-state index in [-0.39, 0.29) is 23.0 Å². The lowest BCUT2D eigenvalue weighted by atomic mass is 10.00. The van der Waals surface area contributed by atoms with Crippen molar-refractivity contribution < 1.29 is 19.0 Å². The zero-order valence-corrected chi connectivity index (χ0v) is 11.5. The van der Waals surface area contributed by atoms with E-state index in [1.54, 1.807) is 24.3 Å². The van der Waals surface area contributed by atoms with Gasteiger partial charge in [0.05, 0.1) is 28.9 Å². The molecule has 22 heavy (non-hydrogen) atoms. The summed E-state index contributed by atoms with van der Waals surface area (Å²) >= 11 is 0. The second-order valence-electron chi connectivity index (χ2n) is 5.15. The van der Waals surface area contributed by atoms with Crippen molar-refractivity contribution in [3.05, 3.63) is 53.3 Å². The molecule has 4 nitrogen and oxygen atoms in total. The number of nitriles is 1. The topological polar surface area (TPSA) is 70.3 Å². The molecule has 1 saturated carbocycles. The van der Waals surface area contributed by atoms with Gasteiger partial charge < -0.3 is 9.84 Å². The van der Waals surface area contributed by atoms with E-state index in [4.69, 9.17) is 15.1 Å². The van der Waals surface area contributed by atoms with Gasteiger partial charge >= 0.3 is 5.97 Å². The van der Waals surface area contributed by atoms with Crippen LogP contribution in [-0.2, 0) is 0 Å². The number of hydrogen-bond acceptors (Lipinski definition) is 3. The van der Waals surface area contributed by atoms with Crippen LogP contribution >= 0.6 is 0 Å². The van der Waals surface area contributed by atoms with Crippen LogP contribution in [0.25, 0.3) is 11.1 Å². The summed E-state index contributed by atoms with van der Waals surface area (Å²) in [6.07, 6.45) is 1.74. The predicted octanol–water partition coefficient (Wildman–Crippen LogP) is 3.60. The minimum atomic E-state index is -1.21. The predicted molar refractivity (Wildman–Crippen MR) is 77.2 cm³/mol. The van der Waals surface area contributed by atoms with Crippen molar-refractivity contribution in [1.82, 2.24) is 0 Å². The molecular formula is C17H12FNO3. The average molecular weight is 297 g/mol. The third kappa shape index (κ3) is 2.77. The molecule has 0 atom stereocenters. The number of halogens is 1. The monoisotopic (exact) mass is 297 g/mol. The number of carboxylic acid groups (broad SMARTS) is 1. The maximum absolute atomic E-state index is 14.4. The average Bonchev–Trinajstić information content (AvgIpc) is 3.30. The van der Waals surface area contributed by atoms with Crippen LogP contribution in [0.2, 0.25) is 0 Å². The molecule has 0 saturated heterocycles. The minimum Gasteiger partial charge on any atom is -0.490 e. The molecule has 0 unspecified atom stereocenters. The van der Waals surface area contributed by atoms with Crippen LogP contribution in [0.4, 0.5) is 4.39 Å². The minimum absolute atomic E-state index is 0.00124. The summed E-state index contributed by atoms with van der Waals surface area (Å²) in [6, 6.07) is 10.8.